The van der Waals surface area contributed by atoms with Crippen molar-refractivity contribution >= 4 is 105 Å². The fourth-order valence-corrected chi connectivity index (χ4v) is 16.5. The Bertz CT molecular complexity index is 6340. The van der Waals surface area contributed by atoms with Crippen LogP contribution in [0.4, 0.5) is 5.69 Å². The SMILES string of the molecule is [C-]#[N+]c1c(-n2c3ccc(C(C)(C)C)cc3c3cc(C(C)(C)C)ccc32)c(-n2c3ccc(-c4ccccc4)cc3n3c4cc(-c5ccccc5)ccc4nc23)cc(-n2c3ccc(-c4ccccc4)cc3n3c4cc(-c5ccccc5)ccc4nc23)c1-n1c2ccc(C(C)(C)C)cc2c2cc(C(C)(C)C)ccc21. The minimum Gasteiger partial charge on any atom is -0.317 e. The van der Waals surface area contributed by atoms with Crippen molar-refractivity contribution in [2.24, 2.45) is 0 Å². The number of fused-ring (bicyclic) bond motifs is 16. The van der Waals surface area contributed by atoms with E-state index >= 15 is 0 Å². The summed E-state index contributed by atoms with van der Waals surface area (Å²) in [5.41, 5.74) is 27.8. The Labute approximate surface area is 617 Å². The molecule has 6 heterocycles. The molecule has 6 aromatic heterocycles. The van der Waals surface area contributed by atoms with Gasteiger partial charge in [0.2, 0.25) is 17.2 Å². The Balaban J connectivity index is 1.07. The third-order valence-corrected chi connectivity index (χ3v) is 22.3. The van der Waals surface area contributed by atoms with Gasteiger partial charge < -0.3 is 9.13 Å². The summed E-state index contributed by atoms with van der Waals surface area (Å²) in [6.45, 7) is 38.2. The maximum atomic E-state index is 10.6. The zero-order chi connectivity index (χ0) is 72.6. The van der Waals surface area contributed by atoms with Gasteiger partial charge in [-0.3, -0.25) is 17.9 Å². The molecule has 9 heteroatoms. The average Bonchev–Trinajstić information content (AvgIpc) is 1.55. The number of benzene rings is 13. The van der Waals surface area contributed by atoms with Gasteiger partial charge in [0.15, 0.2) is 0 Å². The first-order valence-electron chi connectivity index (χ1n) is 37.0. The predicted molar refractivity (Wildman–Crippen MR) is 444 cm³/mol. The summed E-state index contributed by atoms with van der Waals surface area (Å²) in [5, 5.41) is 4.46. The molecule has 0 radical (unpaired) electrons. The molecule has 0 unspecified atom stereocenters. The first-order chi connectivity index (χ1) is 51.0. The van der Waals surface area contributed by atoms with Crippen LogP contribution in [0.2, 0.25) is 0 Å². The highest BCUT2D eigenvalue weighted by molar-refractivity contribution is 6.14. The Kier molecular flexibility index (Phi) is 14.1. The van der Waals surface area contributed by atoms with Crippen molar-refractivity contribution in [1.29, 1.82) is 0 Å². The number of nitrogens with zero attached hydrogens (tertiary/aromatic N) is 9. The van der Waals surface area contributed by atoms with E-state index in [4.69, 9.17) is 14.8 Å². The molecule has 0 amide bonds. The lowest BCUT2D eigenvalue weighted by molar-refractivity contribution is 0.590. The average molecular weight is 1370 g/mol. The molecule has 0 spiro atoms. The molecule has 0 aliphatic heterocycles. The third-order valence-electron chi connectivity index (χ3n) is 22.3. The quantitative estimate of drug-likeness (QED) is 0.142. The minimum atomic E-state index is -0.174. The highest BCUT2D eigenvalue weighted by Crippen LogP contribution is 2.52. The van der Waals surface area contributed by atoms with E-state index in [9.17, 15) is 6.57 Å². The van der Waals surface area contributed by atoms with Gasteiger partial charge in [-0.1, -0.05) is 253 Å². The summed E-state index contributed by atoms with van der Waals surface area (Å²) < 4.78 is 14.3. The summed E-state index contributed by atoms with van der Waals surface area (Å²) in [7, 11) is 0. The van der Waals surface area contributed by atoms with E-state index in [0.717, 1.165) is 155 Å². The fraction of sp³-hybridized carbons (Fsp3) is 0.165. The van der Waals surface area contributed by atoms with Gasteiger partial charge in [0.25, 0.3) is 0 Å². The zero-order valence-electron chi connectivity index (χ0n) is 62.0. The highest BCUT2D eigenvalue weighted by atomic mass is 15.3. The molecule has 0 saturated carbocycles. The number of aromatic nitrogens is 8. The van der Waals surface area contributed by atoms with Crippen molar-refractivity contribution in [3.8, 4) is 67.3 Å². The Hall–Kier alpha value is -12.5. The summed E-state index contributed by atoms with van der Waals surface area (Å²) in [6, 6.07) is 100. The molecule has 0 bridgehead atoms. The molecule has 0 fully saturated rings. The van der Waals surface area contributed by atoms with Crippen LogP contribution in [0.5, 0.6) is 0 Å². The molecule has 19 rings (SSSR count). The summed E-state index contributed by atoms with van der Waals surface area (Å²) in [4.78, 5) is 16.9. The molecule has 0 aliphatic carbocycles. The summed E-state index contributed by atoms with van der Waals surface area (Å²) in [6.07, 6.45) is 0. The molecule has 106 heavy (non-hydrogen) atoms. The summed E-state index contributed by atoms with van der Waals surface area (Å²) >= 11 is 0. The maximum absolute atomic E-state index is 10.6. The van der Waals surface area contributed by atoms with Gasteiger partial charge in [0.05, 0.1) is 95.5 Å². The van der Waals surface area contributed by atoms with Gasteiger partial charge in [0.1, 0.15) is 0 Å². The molecule has 9 nitrogen and oxygen atoms in total. The van der Waals surface area contributed by atoms with Gasteiger partial charge in [-0.15, -0.1) is 0 Å². The third kappa shape index (κ3) is 10.0. The Morgan fingerprint density at radius 1 is 0.255 bits per heavy atom. The van der Waals surface area contributed by atoms with Crippen molar-refractivity contribution in [2.75, 3.05) is 0 Å². The van der Waals surface area contributed by atoms with Crippen LogP contribution in [0.25, 0.3) is 171 Å². The largest absolute Gasteiger partial charge is 0.317 e. The van der Waals surface area contributed by atoms with Gasteiger partial charge in [0, 0.05) is 21.5 Å². The Morgan fingerprint density at radius 2 is 0.528 bits per heavy atom. The number of hydrogen-bond acceptors (Lipinski definition) is 2. The van der Waals surface area contributed by atoms with Crippen LogP contribution >= 0.6 is 0 Å². The monoisotopic (exact) mass is 1370 g/mol. The van der Waals surface area contributed by atoms with Crippen molar-refractivity contribution < 1.29 is 0 Å². The van der Waals surface area contributed by atoms with Crippen LogP contribution in [0.3, 0.4) is 0 Å². The van der Waals surface area contributed by atoms with Crippen LogP contribution in [-0.2, 0) is 21.7 Å². The van der Waals surface area contributed by atoms with Crippen LogP contribution in [0, 0.1) is 6.57 Å². The van der Waals surface area contributed by atoms with E-state index in [1.165, 1.54) is 22.3 Å². The van der Waals surface area contributed by atoms with E-state index in [-0.39, 0.29) is 21.7 Å². The van der Waals surface area contributed by atoms with Crippen LogP contribution in [0.1, 0.15) is 105 Å². The van der Waals surface area contributed by atoms with Gasteiger partial charge >= 0.3 is 0 Å². The van der Waals surface area contributed by atoms with Crippen molar-refractivity contribution in [2.45, 2.75) is 105 Å². The normalized spacial score (nSPS) is 12.7. The number of imidazole rings is 4. The predicted octanol–water partition coefficient (Wildman–Crippen LogP) is 25.8. The number of hydrogen-bond donors (Lipinski definition) is 0. The van der Waals surface area contributed by atoms with Crippen molar-refractivity contribution in [1.82, 2.24) is 37.0 Å². The molecule has 13 aromatic carbocycles. The Morgan fingerprint density at radius 3 is 0.811 bits per heavy atom. The van der Waals surface area contributed by atoms with Crippen LogP contribution < -0.4 is 0 Å². The van der Waals surface area contributed by atoms with Crippen LogP contribution in [-0.4, -0.2) is 37.0 Å². The zero-order valence-corrected chi connectivity index (χ0v) is 62.0. The van der Waals surface area contributed by atoms with Gasteiger partial charge in [-0.05, 0) is 192 Å². The molecular formula is C97H81N9. The van der Waals surface area contributed by atoms with Gasteiger partial charge in [-0.2, -0.15) is 0 Å². The molecule has 514 valence electrons. The topological polar surface area (TPSA) is 58.7 Å². The lowest BCUT2D eigenvalue weighted by atomic mass is 9.85. The number of rotatable bonds is 8. The minimum absolute atomic E-state index is 0.174. The second-order valence-electron chi connectivity index (χ2n) is 33.1. The van der Waals surface area contributed by atoms with E-state index in [1.807, 2.05) is 0 Å². The lowest BCUT2D eigenvalue weighted by Gasteiger charge is -2.25. The van der Waals surface area contributed by atoms with Crippen LogP contribution in [0.15, 0.2) is 273 Å². The van der Waals surface area contributed by atoms with E-state index < -0.39 is 0 Å². The molecule has 0 aliphatic rings. The highest BCUT2D eigenvalue weighted by Gasteiger charge is 2.34. The molecular weight excluding hydrogens is 1290 g/mol. The standard InChI is InChI=1S/C97H81N9/c1-94(2,3)67-38-46-77-71(54-67)72-55-68(95(4,5)6)39-47-78(72)101(77)90-87(103-81-44-36-65(61-30-22-16-23-31-61)52-85(81)105-83-50-63(59-26-18-14-19-27-59)34-42-75(83)99-92(103)105)58-88(91(89(90)98-13)102-79-48-40-69(96(7,8)9)56-73(79)74-57-70(97(10,11)12)41-49-80(74)102)104-82-45-37-66(62-32-24-17-25-33-62)53-86(82)106-84-51-64(60-28-20-15-21-29-60)35-43-76(84)100-93(104)106/h14-58H,1-12H3. The molecule has 0 atom stereocenters. The first-order valence-corrected chi connectivity index (χ1v) is 37.0. The van der Waals surface area contributed by atoms with Crippen molar-refractivity contribution in [3.05, 3.63) is 307 Å². The van der Waals surface area contributed by atoms with E-state index in [0.29, 0.717) is 17.2 Å². The van der Waals surface area contributed by atoms with E-state index in [1.54, 1.807) is 0 Å². The van der Waals surface area contributed by atoms with Crippen molar-refractivity contribution in [3.63, 3.8) is 0 Å². The fourth-order valence-electron chi connectivity index (χ4n) is 16.5. The summed E-state index contributed by atoms with van der Waals surface area (Å²) in [5.74, 6) is 1.41. The molecule has 0 N–H and O–H groups in total. The molecule has 19 aromatic rings. The maximum Gasteiger partial charge on any atom is 0.238 e. The van der Waals surface area contributed by atoms with Gasteiger partial charge in [-0.25, -0.2) is 14.8 Å². The second-order valence-corrected chi connectivity index (χ2v) is 33.1. The second kappa shape index (κ2) is 23.2. The van der Waals surface area contributed by atoms with E-state index in [2.05, 4.69) is 383 Å². The lowest BCUT2D eigenvalue weighted by Crippen LogP contribution is -2.13. The molecule has 0 saturated heterocycles. The smallest absolute Gasteiger partial charge is 0.238 e. The first kappa shape index (κ1) is 64.3.